The first-order chi connectivity index (χ1) is 8.22. The molecule has 1 rings (SSSR count). The topological polar surface area (TPSA) is 58.5 Å². The molecule has 0 N–H and O–H groups in total. The van der Waals surface area contributed by atoms with Gasteiger partial charge in [-0.3, -0.25) is 4.90 Å². The molecule has 0 amide bonds. The lowest BCUT2D eigenvalue weighted by Gasteiger charge is -2.35. The molecule has 0 aromatic rings. The molecule has 0 bridgehead atoms. The highest BCUT2D eigenvalue weighted by Gasteiger charge is 2.15. The first kappa shape index (κ1) is 14.3. The SMILES string of the molecule is CN(C)CCN1CCN(CCCN=[N+]=[N-])CC1. The van der Waals surface area contributed by atoms with E-state index in [2.05, 4.69) is 38.8 Å². The number of azide groups is 1. The third-order valence-corrected chi connectivity index (χ3v) is 3.12. The van der Waals surface area contributed by atoms with Gasteiger partial charge < -0.3 is 9.80 Å². The number of likely N-dealkylation sites (N-methyl/N-ethyl adjacent to an activating group) is 1. The van der Waals surface area contributed by atoms with Crippen molar-refractivity contribution >= 4 is 0 Å². The Kier molecular flexibility index (Phi) is 6.96. The number of rotatable bonds is 7. The molecular formula is C11H24N6. The summed E-state index contributed by atoms with van der Waals surface area (Å²) >= 11 is 0. The normalized spacial score (nSPS) is 18.3. The van der Waals surface area contributed by atoms with Gasteiger partial charge in [-0.2, -0.15) is 0 Å². The molecule has 6 nitrogen and oxygen atoms in total. The van der Waals surface area contributed by atoms with E-state index in [0.29, 0.717) is 6.54 Å². The molecule has 6 heteroatoms. The van der Waals surface area contributed by atoms with Crippen molar-refractivity contribution in [3.05, 3.63) is 10.4 Å². The van der Waals surface area contributed by atoms with Crippen molar-refractivity contribution in [1.29, 1.82) is 0 Å². The van der Waals surface area contributed by atoms with Crippen molar-refractivity contribution in [2.24, 2.45) is 5.11 Å². The third kappa shape index (κ3) is 6.48. The molecule has 0 radical (unpaired) electrons. The van der Waals surface area contributed by atoms with Gasteiger partial charge in [0.2, 0.25) is 0 Å². The fourth-order valence-electron chi connectivity index (χ4n) is 1.99. The van der Waals surface area contributed by atoms with Crippen LogP contribution in [-0.2, 0) is 0 Å². The Balaban J connectivity index is 2.06. The van der Waals surface area contributed by atoms with Gasteiger partial charge in [0, 0.05) is 50.7 Å². The van der Waals surface area contributed by atoms with Gasteiger partial charge in [0.1, 0.15) is 0 Å². The lowest BCUT2D eigenvalue weighted by Crippen LogP contribution is -2.48. The summed E-state index contributed by atoms with van der Waals surface area (Å²) in [5.41, 5.74) is 8.18. The summed E-state index contributed by atoms with van der Waals surface area (Å²) < 4.78 is 0. The van der Waals surface area contributed by atoms with Gasteiger partial charge in [-0.25, -0.2) is 0 Å². The van der Waals surface area contributed by atoms with Crippen LogP contribution >= 0.6 is 0 Å². The minimum Gasteiger partial charge on any atom is -0.308 e. The summed E-state index contributed by atoms with van der Waals surface area (Å²) in [6, 6.07) is 0. The third-order valence-electron chi connectivity index (χ3n) is 3.12. The smallest absolute Gasteiger partial charge is 0.0270 e. The fourth-order valence-corrected chi connectivity index (χ4v) is 1.99. The van der Waals surface area contributed by atoms with Crippen molar-refractivity contribution in [2.45, 2.75) is 6.42 Å². The number of hydrogen-bond acceptors (Lipinski definition) is 4. The van der Waals surface area contributed by atoms with E-state index in [9.17, 15) is 0 Å². The van der Waals surface area contributed by atoms with Crippen molar-refractivity contribution in [3.8, 4) is 0 Å². The van der Waals surface area contributed by atoms with E-state index >= 15 is 0 Å². The van der Waals surface area contributed by atoms with Gasteiger partial charge in [-0.1, -0.05) is 5.11 Å². The van der Waals surface area contributed by atoms with Gasteiger partial charge in [0.05, 0.1) is 0 Å². The second-order valence-corrected chi connectivity index (χ2v) is 4.79. The van der Waals surface area contributed by atoms with Crippen molar-refractivity contribution < 1.29 is 0 Å². The molecular weight excluding hydrogens is 216 g/mol. The van der Waals surface area contributed by atoms with Crippen LogP contribution in [0, 0.1) is 0 Å². The average Bonchev–Trinajstić information content (AvgIpc) is 2.33. The van der Waals surface area contributed by atoms with Crippen LogP contribution in [0.1, 0.15) is 6.42 Å². The molecule has 1 fully saturated rings. The summed E-state index contributed by atoms with van der Waals surface area (Å²) in [6.45, 7) is 8.59. The summed E-state index contributed by atoms with van der Waals surface area (Å²) in [4.78, 5) is 9.97. The molecule has 0 aromatic heterocycles. The zero-order valence-electron chi connectivity index (χ0n) is 11.0. The maximum atomic E-state index is 8.18. The molecule has 17 heavy (non-hydrogen) atoms. The second kappa shape index (κ2) is 8.31. The van der Waals surface area contributed by atoms with Crippen LogP contribution in [0.25, 0.3) is 10.4 Å². The maximum Gasteiger partial charge on any atom is 0.0270 e. The minimum atomic E-state index is 0.622. The van der Waals surface area contributed by atoms with Gasteiger partial charge in [-0.05, 0) is 32.6 Å². The van der Waals surface area contributed by atoms with E-state index in [4.69, 9.17) is 5.53 Å². The Bertz CT molecular complexity index is 240. The molecule has 1 saturated heterocycles. The standard InChI is InChI=1S/C11H24N6/c1-15(2)6-7-17-10-8-16(9-11-17)5-3-4-13-14-12/h3-11H2,1-2H3. The van der Waals surface area contributed by atoms with Crippen molar-refractivity contribution in [3.63, 3.8) is 0 Å². The lowest BCUT2D eigenvalue weighted by molar-refractivity contribution is 0.125. The number of nitrogens with zero attached hydrogens (tertiary/aromatic N) is 6. The van der Waals surface area contributed by atoms with Crippen LogP contribution in [0.5, 0.6) is 0 Å². The maximum absolute atomic E-state index is 8.18. The highest BCUT2D eigenvalue weighted by Crippen LogP contribution is 2.02. The van der Waals surface area contributed by atoms with Crippen LogP contribution in [0.2, 0.25) is 0 Å². The van der Waals surface area contributed by atoms with Gasteiger partial charge >= 0.3 is 0 Å². The van der Waals surface area contributed by atoms with Crippen LogP contribution in [0.15, 0.2) is 5.11 Å². The zero-order chi connectivity index (χ0) is 12.5. The Morgan fingerprint density at radius 1 is 1.12 bits per heavy atom. The van der Waals surface area contributed by atoms with E-state index in [1.54, 1.807) is 0 Å². The molecule has 0 atom stereocenters. The van der Waals surface area contributed by atoms with Gasteiger partial charge in [0.25, 0.3) is 0 Å². The van der Waals surface area contributed by atoms with Crippen LogP contribution in [-0.4, -0.2) is 81.2 Å². The van der Waals surface area contributed by atoms with Gasteiger partial charge in [0.15, 0.2) is 0 Å². The predicted octanol–water partition coefficient (Wildman–Crippen LogP) is 0.866. The highest BCUT2D eigenvalue weighted by atomic mass is 15.3. The van der Waals surface area contributed by atoms with Crippen LogP contribution < -0.4 is 0 Å². The fraction of sp³-hybridized carbons (Fsp3) is 1.00. The predicted molar refractivity (Wildman–Crippen MR) is 70.1 cm³/mol. The molecule has 98 valence electrons. The number of hydrogen-bond donors (Lipinski definition) is 0. The van der Waals surface area contributed by atoms with Crippen LogP contribution in [0.3, 0.4) is 0 Å². The molecule has 0 spiro atoms. The number of piperazine rings is 1. The highest BCUT2D eigenvalue weighted by molar-refractivity contribution is 4.72. The summed E-state index contributed by atoms with van der Waals surface area (Å²) in [5.74, 6) is 0. The Hall–Kier alpha value is -0.810. The molecule has 0 aliphatic carbocycles. The average molecular weight is 240 g/mol. The van der Waals surface area contributed by atoms with Crippen molar-refractivity contribution in [1.82, 2.24) is 14.7 Å². The summed E-state index contributed by atoms with van der Waals surface area (Å²) in [5, 5.41) is 3.56. The molecule has 1 aliphatic heterocycles. The second-order valence-electron chi connectivity index (χ2n) is 4.79. The molecule has 0 saturated carbocycles. The summed E-state index contributed by atoms with van der Waals surface area (Å²) in [7, 11) is 4.23. The Labute approximate surface area is 104 Å². The monoisotopic (exact) mass is 240 g/mol. The largest absolute Gasteiger partial charge is 0.308 e. The first-order valence-corrected chi connectivity index (χ1v) is 6.32. The molecule has 0 unspecified atom stereocenters. The molecule has 0 aromatic carbocycles. The van der Waals surface area contributed by atoms with Crippen molar-refractivity contribution in [2.75, 3.05) is 66.5 Å². The Morgan fingerprint density at radius 3 is 2.24 bits per heavy atom. The van der Waals surface area contributed by atoms with Gasteiger partial charge in [-0.15, -0.1) is 0 Å². The summed E-state index contributed by atoms with van der Waals surface area (Å²) in [6.07, 6.45) is 0.974. The first-order valence-electron chi connectivity index (χ1n) is 6.32. The molecule has 1 heterocycles. The van der Waals surface area contributed by atoms with Crippen LogP contribution in [0.4, 0.5) is 0 Å². The van der Waals surface area contributed by atoms with E-state index in [-0.39, 0.29) is 0 Å². The van der Waals surface area contributed by atoms with E-state index in [1.165, 1.54) is 6.54 Å². The minimum absolute atomic E-state index is 0.622. The van der Waals surface area contributed by atoms with E-state index < -0.39 is 0 Å². The van der Waals surface area contributed by atoms with E-state index in [1.807, 2.05) is 0 Å². The Morgan fingerprint density at radius 2 is 1.71 bits per heavy atom. The zero-order valence-corrected chi connectivity index (χ0v) is 11.0. The quantitative estimate of drug-likeness (QED) is 0.287. The van der Waals surface area contributed by atoms with E-state index in [0.717, 1.165) is 45.7 Å². The molecule has 1 aliphatic rings. The lowest BCUT2D eigenvalue weighted by atomic mass is 10.3.